The third-order valence-corrected chi connectivity index (χ3v) is 6.90. The van der Waals surface area contributed by atoms with Gasteiger partial charge in [-0.05, 0) is 110 Å². The smallest absolute Gasteiger partial charge is 0.317 e. The molecule has 0 rings (SSSR count). The second kappa shape index (κ2) is 33.9. The lowest BCUT2D eigenvalue weighted by atomic mass is 10.2. The van der Waals surface area contributed by atoms with Crippen LogP contribution < -0.4 is 16.0 Å². The molecule has 0 bridgehead atoms. The molecular formula is C33H70N4O4. The summed E-state index contributed by atoms with van der Waals surface area (Å²) in [5, 5.41) is 10.2. The zero-order chi connectivity index (χ0) is 30.0. The zero-order valence-corrected chi connectivity index (χ0v) is 27.7. The van der Waals surface area contributed by atoms with Crippen molar-refractivity contribution in [2.45, 2.75) is 137 Å². The lowest BCUT2D eigenvalue weighted by molar-refractivity contribution is -0.499. The van der Waals surface area contributed by atoms with Gasteiger partial charge >= 0.3 is 6.16 Å². The van der Waals surface area contributed by atoms with Gasteiger partial charge in [0.25, 0.3) is 0 Å². The Morgan fingerprint density at radius 1 is 0.463 bits per heavy atom. The molecular weight excluding hydrogens is 516 g/mol. The second-order valence-corrected chi connectivity index (χ2v) is 10.7. The molecule has 246 valence electrons. The molecule has 0 atom stereocenters. The normalized spacial score (nSPS) is 12.2. The number of nitrogens with zero attached hydrogens (tertiary/aromatic N) is 1. The second-order valence-electron chi connectivity index (χ2n) is 10.7. The summed E-state index contributed by atoms with van der Waals surface area (Å²) >= 11 is 0. The maximum atomic E-state index is 6.31. The minimum atomic E-state index is -1.39. The molecule has 0 aromatic heterocycles. The first-order chi connectivity index (χ1) is 20.2. The van der Waals surface area contributed by atoms with Crippen LogP contribution >= 0.6 is 0 Å². The largest absolute Gasteiger partial charge is 0.412 e. The van der Waals surface area contributed by atoms with Gasteiger partial charge in [-0.25, -0.2) is 0 Å². The highest BCUT2D eigenvalue weighted by atomic mass is 17.0. The molecule has 0 amide bonds. The molecule has 41 heavy (non-hydrogen) atoms. The van der Waals surface area contributed by atoms with Crippen LogP contribution in [0.1, 0.15) is 130 Å². The number of hydrogen-bond donors (Lipinski definition) is 3. The summed E-state index contributed by atoms with van der Waals surface area (Å²) in [5.74, 6) is 0. The van der Waals surface area contributed by atoms with Gasteiger partial charge in [-0.2, -0.15) is 0 Å². The molecule has 0 aliphatic carbocycles. The predicted octanol–water partition coefficient (Wildman–Crippen LogP) is 6.82. The molecule has 0 aromatic rings. The van der Waals surface area contributed by atoms with E-state index in [9.17, 15) is 0 Å². The first kappa shape index (κ1) is 40.4. The van der Waals surface area contributed by atoms with Gasteiger partial charge in [0.05, 0.1) is 26.4 Å². The van der Waals surface area contributed by atoms with Gasteiger partial charge in [-0.15, -0.1) is 0 Å². The summed E-state index contributed by atoms with van der Waals surface area (Å²) in [4.78, 5) is 4.31. The Bertz CT molecular complexity index is 475. The number of ether oxygens (including phenoxy) is 4. The summed E-state index contributed by atoms with van der Waals surface area (Å²) in [6, 6.07) is 0. The molecule has 0 fully saturated rings. The molecule has 0 aliphatic rings. The molecule has 3 N–H and O–H groups in total. The van der Waals surface area contributed by atoms with Crippen molar-refractivity contribution in [3.63, 3.8) is 0 Å². The van der Waals surface area contributed by atoms with Crippen molar-refractivity contribution in [1.82, 2.24) is 16.0 Å². The SMILES string of the molecule is CCN=CCCCCCOC(OCCCCCCNCC)(OCCCCCCNCC)OCCCCCCNCC. The molecule has 8 nitrogen and oxygen atoms in total. The van der Waals surface area contributed by atoms with Crippen molar-refractivity contribution < 1.29 is 18.9 Å². The third-order valence-electron chi connectivity index (χ3n) is 6.90. The van der Waals surface area contributed by atoms with E-state index in [4.69, 9.17) is 18.9 Å². The minimum absolute atomic E-state index is 0.568. The Morgan fingerprint density at radius 3 is 1.15 bits per heavy atom. The summed E-state index contributed by atoms with van der Waals surface area (Å²) < 4.78 is 25.2. The van der Waals surface area contributed by atoms with Gasteiger partial charge in [0.1, 0.15) is 0 Å². The molecule has 0 heterocycles. The van der Waals surface area contributed by atoms with Crippen LogP contribution in [-0.2, 0) is 18.9 Å². The quantitative estimate of drug-likeness (QED) is 0.0427. The van der Waals surface area contributed by atoms with E-state index in [1.54, 1.807) is 0 Å². The molecule has 0 aromatic carbocycles. The van der Waals surface area contributed by atoms with Crippen molar-refractivity contribution in [2.75, 3.05) is 72.2 Å². The summed E-state index contributed by atoms with van der Waals surface area (Å²) in [7, 11) is 0. The van der Waals surface area contributed by atoms with Crippen LogP contribution in [0.2, 0.25) is 0 Å². The van der Waals surface area contributed by atoms with Crippen LogP contribution in [0.15, 0.2) is 4.99 Å². The summed E-state index contributed by atoms with van der Waals surface area (Å²) in [6.07, 6.45) is 18.4. The van der Waals surface area contributed by atoms with Gasteiger partial charge < -0.3 is 34.9 Å². The Morgan fingerprint density at radius 2 is 0.805 bits per heavy atom. The lowest BCUT2D eigenvalue weighted by Crippen LogP contribution is -2.43. The topological polar surface area (TPSA) is 85.4 Å². The van der Waals surface area contributed by atoms with E-state index in [0.29, 0.717) is 26.4 Å². The monoisotopic (exact) mass is 587 g/mol. The highest BCUT2D eigenvalue weighted by Crippen LogP contribution is 2.22. The average Bonchev–Trinajstić information content (AvgIpc) is 2.98. The first-order valence-electron chi connectivity index (χ1n) is 17.4. The van der Waals surface area contributed by atoms with Crippen molar-refractivity contribution in [2.24, 2.45) is 4.99 Å². The van der Waals surface area contributed by atoms with E-state index >= 15 is 0 Å². The number of unbranched alkanes of at least 4 members (excludes halogenated alkanes) is 12. The number of rotatable bonds is 35. The van der Waals surface area contributed by atoms with Crippen molar-refractivity contribution in [1.29, 1.82) is 0 Å². The van der Waals surface area contributed by atoms with E-state index in [0.717, 1.165) is 110 Å². The van der Waals surface area contributed by atoms with Crippen molar-refractivity contribution >= 4 is 6.21 Å². The highest BCUT2D eigenvalue weighted by Gasteiger charge is 2.35. The number of aliphatic imine (C=N–C) groups is 1. The fourth-order valence-electron chi connectivity index (χ4n) is 4.42. The molecule has 0 spiro atoms. The molecule has 0 saturated carbocycles. The van der Waals surface area contributed by atoms with Crippen LogP contribution in [-0.4, -0.2) is 84.6 Å². The van der Waals surface area contributed by atoms with Crippen LogP contribution in [0.25, 0.3) is 0 Å². The number of nitrogens with one attached hydrogen (secondary N) is 3. The molecule has 0 unspecified atom stereocenters. The van der Waals surface area contributed by atoms with E-state index in [-0.39, 0.29) is 0 Å². The molecule has 0 saturated heterocycles. The van der Waals surface area contributed by atoms with Gasteiger partial charge in [-0.1, -0.05) is 65.7 Å². The Labute approximate surface area is 254 Å². The fraction of sp³-hybridized carbons (Fsp3) is 0.970. The van der Waals surface area contributed by atoms with E-state index in [1.165, 1.54) is 38.5 Å². The van der Waals surface area contributed by atoms with E-state index in [1.807, 2.05) is 6.21 Å². The highest BCUT2D eigenvalue weighted by molar-refractivity contribution is 5.56. The van der Waals surface area contributed by atoms with Crippen LogP contribution in [0, 0.1) is 0 Å². The molecule has 0 radical (unpaired) electrons. The van der Waals surface area contributed by atoms with Crippen LogP contribution in [0.4, 0.5) is 0 Å². The molecule has 0 aliphatic heterocycles. The Balaban J connectivity index is 4.85. The average molecular weight is 587 g/mol. The van der Waals surface area contributed by atoms with Crippen LogP contribution in [0.3, 0.4) is 0 Å². The third kappa shape index (κ3) is 29.2. The maximum Gasteiger partial charge on any atom is 0.412 e. The van der Waals surface area contributed by atoms with Crippen molar-refractivity contribution in [3.05, 3.63) is 0 Å². The van der Waals surface area contributed by atoms with Gasteiger partial charge in [0, 0.05) is 6.54 Å². The maximum absolute atomic E-state index is 6.31. The number of hydrogen-bond acceptors (Lipinski definition) is 8. The van der Waals surface area contributed by atoms with E-state index < -0.39 is 6.16 Å². The fourth-order valence-corrected chi connectivity index (χ4v) is 4.42. The summed E-state index contributed by atoms with van der Waals surface area (Å²) in [6.45, 7) is 18.1. The van der Waals surface area contributed by atoms with E-state index in [2.05, 4.69) is 48.6 Å². The van der Waals surface area contributed by atoms with Gasteiger partial charge in [-0.3, -0.25) is 4.99 Å². The minimum Gasteiger partial charge on any atom is -0.317 e. The van der Waals surface area contributed by atoms with Crippen molar-refractivity contribution in [3.8, 4) is 0 Å². The standard InChI is InChI=1S/C33H70N4O4/c1-5-34-25-17-9-13-21-29-38-33(39-30-22-14-10-18-26-35-6-2,40-31-23-15-11-19-27-36-7-3)41-32-24-16-12-20-28-37-8-4/h25,35-37H,5-24,26-32H2,1-4H3. The molecule has 8 heteroatoms. The first-order valence-corrected chi connectivity index (χ1v) is 17.4. The van der Waals surface area contributed by atoms with Gasteiger partial charge in [0.15, 0.2) is 0 Å². The van der Waals surface area contributed by atoms with Crippen LogP contribution in [0.5, 0.6) is 0 Å². The van der Waals surface area contributed by atoms with Gasteiger partial charge in [0.2, 0.25) is 0 Å². The summed E-state index contributed by atoms with van der Waals surface area (Å²) in [5.41, 5.74) is 0. The zero-order valence-electron chi connectivity index (χ0n) is 27.7. The predicted molar refractivity (Wildman–Crippen MR) is 175 cm³/mol. The Kier molecular flexibility index (Phi) is 33.4. The lowest BCUT2D eigenvalue weighted by Gasteiger charge is -2.32. The Hall–Kier alpha value is -0.610.